The summed E-state index contributed by atoms with van der Waals surface area (Å²) in [4.78, 5) is 12.0. The lowest BCUT2D eigenvalue weighted by Crippen LogP contribution is -2.11. The number of carbonyl (C=O) groups excluding carboxylic acids is 1. The molecule has 6 nitrogen and oxygen atoms in total. The number of halogens is 1. The van der Waals surface area contributed by atoms with E-state index in [0.717, 1.165) is 11.3 Å². The second-order valence-electron chi connectivity index (χ2n) is 5.20. The van der Waals surface area contributed by atoms with Crippen LogP contribution in [0.15, 0.2) is 49.1 Å². The van der Waals surface area contributed by atoms with Gasteiger partial charge in [-0.1, -0.05) is 23.7 Å². The van der Waals surface area contributed by atoms with Crippen molar-refractivity contribution in [1.29, 1.82) is 0 Å². The summed E-state index contributed by atoms with van der Waals surface area (Å²) in [5.41, 5.74) is 2.44. The minimum atomic E-state index is -0.0624. The number of hydrogen-bond donors (Lipinski definition) is 1. The van der Waals surface area contributed by atoms with E-state index in [2.05, 4.69) is 15.5 Å². The zero-order valence-electron chi connectivity index (χ0n) is 12.6. The molecule has 3 rings (SSSR count). The Morgan fingerprint density at radius 3 is 2.78 bits per heavy atom. The van der Waals surface area contributed by atoms with Crippen molar-refractivity contribution in [3.8, 4) is 5.69 Å². The number of hydrogen-bond acceptors (Lipinski definition) is 3. The molecule has 0 bridgehead atoms. The number of anilines is 1. The molecule has 0 unspecified atom stereocenters. The lowest BCUT2D eigenvalue weighted by molar-refractivity contribution is -0.116. The van der Waals surface area contributed by atoms with Gasteiger partial charge < -0.3 is 5.32 Å². The van der Waals surface area contributed by atoms with Gasteiger partial charge >= 0.3 is 0 Å². The maximum absolute atomic E-state index is 12.0. The fourth-order valence-corrected chi connectivity index (χ4v) is 2.46. The molecule has 0 radical (unpaired) electrons. The van der Waals surface area contributed by atoms with Gasteiger partial charge in [0.2, 0.25) is 5.91 Å². The average Bonchev–Trinajstić information content (AvgIpc) is 3.15. The van der Waals surface area contributed by atoms with Gasteiger partial charge in [0, 0.05) is 19.7 Å². The van der Waals surface area contributed by atoms with Gasteiger partial charge in [0.15, 0.2) is 0 Å². The Kier molecular flexibility index (Phi) is 4.43. The third-order valence-corrected chi connectivity index (χ3v) is 3.68. The number of benzene rings is 1. The number of para-hydroxylation sites is 1. The average molecular weight is 330 g/mol. The van der Waals surface area contributed by atoms with E-state index in [1.807, 2.05) is 31.4 Å². The van der Waals surface area contributed by atoms with Crippen LogP contribution in [0.25, 0.3) is 5.69 Å². The van der Waals surface area contributed by atoms with Gasteiger partial charge in [-0.15, -0.1) is 0 Å². The van der Waals surface area contributed by atoms with Crippen LogP contribution in [0.5, 0.6) is 0 Å². The smallest absolute Gasteiger partial charge is 0.224 e. The van der Waals surface area contributed by atoms with Crippen molar-refractivity contribution < 1.29 is 4.79 Å². The quantitative estimate of drug-likeness (QED) is 0.782. The van der Waals surface area contributed by atoms with Crippen LogP contribution in [0.4, 0.5) is 5.69 Å². The van der Waals surface area contributed by atoms with Crippen molar-refractivity contribution in [3.63, 3.8) is 0 Å². The molecular formula is C16H16ClN5O. The van der Waals surface area contributed by atoms with Crippen LogP contribution in [-0.4, -0.2) is 25.5 Å². The zero-order chi connectivity index (χ0) is 16.2. The van der Waals surface area contributed by atoms with Crippen LogP contribution in [0.2, 0.25) is 5.02 Å². The van der Waals surface area contributed by atoms with Gasteiger partial charge in [-0.2, -0.15) is 10.2 Å². The van der Waals surface area contributed by atoms with Gasteiger partial charge in [0.05, 0.1) is 35.0 Å². The van der Waals surface area contributed by atoms with E-state index >= 15 is 0 Å². The zero-order valence-corrected chi connectivity index (χ0v) is 13.4. The summed E-state index contributed by atoms with van der Waals surface area (Å²) in [6.07, 6.45) is 8.06. The molecule has 2 heterocycles. The van der Waals surface area contributed by atoms with Gasteiger partial charge in [-0.3, -0.25) is 9.48 Å². The molecule has 2 aromatic heterocycles. The highest BCUT2D eigenvalue weighted by molar-refractivity contribution is 6.32. The van der Waals surface area contributed by atoms with Gasteiger partial charge in [0.1, 0.15) is 0 Å². The molecule has 0 saturated carbocycles. The van der Waals surface area contributed by atoms with E-state index < -0.39 is 0 Å². The summed E-state index contributed by atoms with van der Waals surface area (Å²) in [5.74, 6) is -0.0624. The van der Waals surface area contributed by atoms with E-state index in [1.54, 1.807) is 34.0 Å². The molecule has 1 N–H and O–H groups in total. The number of aromatic nitrogens is 4. The van der Waals surface area contributed by atoms with Gasteiger partial charge in [0.25, 0.3) is 0 Å². The number of rotatable bonds is 5. The van der Waals surface area contributed by atoms with Crippen LogP contribution in [0.3, 0.4) is 0 Å². The van der Waals surface area contributed by atoms with Crippen LogP contribution in [0.1, 0.15) is 12.0 Å². The molecule has 1 amide bonds. The molecule has 23 heavy (non-hydrogen) atoms. The minimum Gasteiger partial charge on any atom is -0.323 e. The summed E-state index contributed by atoms with van der Waals surface area (Å²) in [5, 5.41) is 11.7. The van der Waals surface area contributed by atoms with Crippen LogP contribution < -0.4 is 5.32 Å². The summed E-state index contributed by atoms with van der Waals surface area (Å²) < 4.78 is 3.36. The van der Waals surface area contributed by atoms with Crippen molar-refractivity contribution in [2.24, 2.45) is 7.05 Å². The summed E-state index contributed by atoms with van der Waals surface area (Å²) in [6.45, 7) is 0. The second-order valence-corrected chi connectivity index (χ2v) is 5.60. The Labute approximate surface area is 138 Å². The monoisotopic (exact) mass is 329 g/mol. The molecule has 0 aliphatic carbocycles. The van der Waals surface area contributed by atoms with Crippen LogP contribution >= 0.6 is 11.6 Å². The van der Waals surface area contributed by atoms with E-state index in [9.17, 15) is 4.79 Å². The molecule has 0 aliphatic heterocycles. The van der Waals surface area contributed by atoms with E-state index in [1.165, 1.54) is 0 Å². The first kappa shape index (κ1) is 15.3. The van der Waals surface area contributed by atoms with Crippen molar-refractivity contribution in [2.75, 3.05) is 5.32 Å². The maximum atomic E-state index is 12.0. The van der Waals surface area contributed by atoms with Crippen LogP contribution in [-0.2, 0) is 18.3 Å². The minimum absolute atomic E-state index is 0.0624. The Hall–Kier alpha value is -2.60. The normalized spacial score (nSPS) is 10.7. The third-order valence-electron chi connectivity index (χ3n) is 3.36. The summed E-state index contributed by atoms with van der Waals surface area (Å²) in [6, 6.07) is 7.40. The van der Waals surface area contributed by atoms with Crippen molar-refractivity contribution >= 4 is 23.2 Å². The fraction of sp³-hybridized carbons (Fsp3) is 0.188. The van der Waals surface area contributed by atoms with Crippen molar-refractivity contribution in [2.45, 2.75) is 12.8 Å². The molecule has 0 fully saturated rings. The van der Waals surface area contributed by atoms with Crippen molar-refractivity contribution in [3.05, 3.63) is 59.6 Å². The fourth-order valence-electron chi connectivity index (χ4n) is 2.24. The Balaban J connectivity index is 1.60. The van der Waals surface area contributed by atoms with E-state index in [0.29, 0.717) is 23.6 Å². The molecule has 3 aromatic rings. The molecule has 0 aliphatic rings. The molecule has 0 spiro atoms. The highest BCUT2D eigenvalue weighted by Gasteiger charge is 2.08. The predicted molar refractivity (Wildman–Crippen MR) is 88.7 cm³/mol. The molecule has 0 saturated heterocycles. The Morgan fingerprint density at radius 1 is 1.22 bits per heavy atom. The number of aryl methyl sites for hydroxylation is 2. The number of carbonyl (C=O) groups is 1. The summed E-state index contributed by atoms with van der Waals surface area (Å²) >= 11 is 6.14. The first-order valence-electron chi connectivity index (χ1n) is 7.19. The van der Waals surface area contributed by atoms with Gasteiger partial charge in [-0.25, -0.2) is 4.68 Å². The van der Waals surface area contributed by atoms with E-state index in [4.69, 9.17) is 11.6 Å². The number of nitrogens with one attached hydrogen (secondary N) is 1. The highest BCUT2D eigenvalue weighted by Crippen LogP contribution is 2.20. The topological polar surface area (TPSA) is 64.7 Å². The Bertz CT molecular complexity index is 823. The first-order chi connectivity index (χ1) is 11.1. The van der Waals surface area contributed by atoms with E-state index in [-0.39, 0.29) is 5.91 Å². The standard InChI is InChI=1S/C16H16ClN5O/c1-21-10-12(8-18-21)6-7-16(23)20-13-9-19-22(11-13)15-5-3-2-4-14(15)17/h2-5,8-11H,6-7H2,1H3,(H,20,23). The predicted octanol–water partition coefficient (Wildman–Crippen LogP) is 2.83. The lowest BCUT2D eigenvalue weighted by Gasteiger charge is -2.03. The Morgan fingerprint density at radius 2 is 2.04 bits per heavy atom. The number of amides is 1. The molecular weight excluding hydrogens is 314 g/mol. The van der Waals surface area contributed by atoms with Crippen molar-refractivity contribution in [1.82, 2.24) is 19.6 Å². The third kappa shape index (κ3) is 3.78. The second kappa shape index (κ2) is 6.66. The lowest BCUT2D eigenvalue weighted by atomic mass is 10.2. The maximum Gasteiger partial charge on any atom is 0.224 e. The van der Waals surface area contributed by atoms with Crippen LogP contribution in [0, 0.1) is 0 Å². The SMILES string of the molecule is Cn1cc(CCC(=O)Nc2cnn(-c3ccccc3Cl)c2)cn1. The van der Waals surface area contributed by atoms with Gasteiger partial charge in [-0.05, 0) is 24.1 Å². The highest BCUT2D eigenvalue weighted by atomic mass is 35.5. The number of nitrogens with zero attached hydrogens (tertiary/aromatic N) is 4. The molecule has 7 heteroatoms. The largest absolute Gasteiger partial charge is 0.323 e. The molecule has 1 aromatic carbocycles. The molecule has 118 valence electrons. The first-order valence-corrected chi connectivity index (χ1v) is 7.56. The molecule has 0 atom stereocenters. The summed E-state index contributed by atoms with van der Waals surface area (Å²) in [7, 11) is 1.85.